The number of fused-ring (bicyclic) bond motifs is 2. The summed E-state index contributed by atoms with van der Waals surface area (Å²) in [5.41, 5.74) is 4.98. The van der Waals surface area contributed by atoms with Crippen molar-refractivity contribution < 1.29 is 0 Å². The van der Waals surface area contributed by atoms with Crippen LogP contribution in [0.1, 0.15) is 40.7 Å². The van der Waals surface area contributed by atoms with Gasteiger partial charge in [-0.2, -0.15) is 0 Å². The zero-order chi connectivity index (χ0) is 16.8. The highest BCUT2D eigenvalue weighted by molar-refractivity contribution is 7.18. The number of hydrogen-bond donors (Lipinski definition) is 0. The Balaban J connectivity index is 1.89. The van der Waals surface area contributed by atoms with Crippen LogP contribution >= 0.6 is 11.3 Å². The second kappa shape index (κ2) is 5.71. The first-order chi connectivity index (χ1) is 11.6. The first-order valence-corrected chi connectivity index (χ1v) is 9.20. The number of nitrogens with zero attached hydrogens (tertiary/aromatic N) is 2. The molecule has 0 saturated carbocycles. The van der Waals surface area contributed by atoms with Crippen LogP contribution in [0.25, 0.3) is 21.9 Å². The van der Waals surface area contributed by atoms with E-state index < -0.39 is 0 Å². The molecule has 1 aromatic carbocycles. The van der Waals surface area contributed by atoms with Crippen molar-refractivity contribution in [3.05, 3.63) is 62.0 Å². The monoisotopic (exact) mass is 336 g/mol. The molecule has 122 valence electrons. The Morgan fingerprint density at radius 1 is 1.29 bits per heavy atom. The molecule has 4 rings (SSSR count). The number of rotatable bonds is 2. The molecular formula is C20H20N2OS. The van der Waals surface area contributed by atoms with Gasteiger partial charge in [-0.15, -0.1) is 11.3 Å². The van der Waals surface area contributed by atoms with Crippen molar-refractivity contribution in [2.75, 3.05) is 0 Å². The van der Waals surface area contributed by atoms with E-state index >= 15 is 0 Å². The van der Waals surface area contributed by atoms with Gasteiger partial charge in [0, 0.05) is 11.4 Å². The van der Waals surface area contributed by atoms with E-state index in [4.69, 9.17) is 4.98 Å². The van der Waals surface area contributed by atoms with Gasteiger partial charge in [-0.25, -0.2) is 4.98 Å². The van der Waals surface area contributed by atoms with Crippen molar-refractivity contribution in [3.63, 3.8) is 0 Å². The molecule has 3 aromatic rings. The summed E-state index contributed by atoms with van der Waals surface area (Å²) in [4.78, 5) is 19.7. The van der Waals surface area contributed by atoms with Crippen LogP contribution in [-0.2, 0) is 13.0 Å². The van der Waals surface area contributed by atoms with Gasteiger partial charge in [-0.1, -0.05) is 30.7 Å². The summed E-state index contributed by atoms with van der Waals surface area (Å²) in [7, 11) is 0. The quantitative estimate of drug-likeness (QED) is 0.686. The van der Waals surface area contributed by atoms with E-state index in [0.29, 0.717) is 0 Å². The molecule has 0 atom stereocenters. The van der Waals surface area contributed by atoms with Crippen LogP contribution in [-0.4, -0.2) is 9.55 Å². The average molecular weight is 336 g/mol. The zero-order valence-electron chi connectivity index (χ0n) is 14.2. The minimum absolute atomic E-state index is 0.107. The van der Waals surface area contributed by atoms with Crippen molar-refractivity contribution in [2.45, 2.75) is 40.2 Å². The van der Waals surface area contributed by atoms with Crippen molar-refractivity contribution in [2.24, 2.45) is 0 Å². The number of allylic oxidation sites excluding steroid dienone is 1. The van der Waals surface area contributed by atoms with Gasteiger partial charge in [-0.3, -0.25) is 9.36 Å². The maximum Gasteiger partial charge on any atom is 0.262 e. The molecular weight excluding hydrogens is 316 g/mol. The minimum Gasteiger partial charge on any atom is -0.292 e. The third-order valence-electron chi connectivity index (χ3n) is 4.71. The predicted octanol–water partition coefficient (Wildman–Crippen LogP) is 4.58. The second-order valence-electron chi connectivity index (χ2n) is 6.46. The lowest BCUT2D eigenvalue weighted by Gasteiger charge is -2.05. The molecule has 1 aliphatic heterocycles. The van der Waals surface area contributed by atoms with Crippen molar-refractivity contribution >= 4 is 33.2 Å². The van der Waals surface area contributed by atoms with Gasteiger partial charge in [-0.05, 0) is 55.5 Å². The van der Waals surface area contributed by atoms with Gasteiger partial charge in [0.15, 0.2) is 0 Å². The summed E-state index contributed by atoms with van der Waals surface area (Å²) in [6.07, 6.45) is 4.02. The summed E-state index contributed by atoms with van der Waals surface area (Å²) in [5, 5.41) is 0.772. The molecule has 0 bridgehead atoms. The minimum atomic E-state index is 0.107. The van der Waals surface area contributed by atoms with E-state index in [2.05, 4.69) is 45.0 Å². The molecule has 2 aromatic heterocycles. The standard InChI is InChI=1S/C20H20N2OS/c1-4-16-11-17-19(24-16)21-18-14(7-8-22(18)20(17)23)10-15-9-12(2)5-6-13(15)3/h5-6,9-11H,4,7-8H2,1-3H3/b14-10+. The second-order valence-corrected chi connectivity index (χ2v) is 7.57. The fourth-order valence-corrected chi connectivity index (χ4v) is 4.23. The molecule has 0 N–H and O–H groups in total. The van der Waals surface area contributed by atoms with Gasteiger partial charge in [0.05, 0.1) is 5.39 Å². The molecule has 3 heterocycles. The average Bonchev–Trinajstić information content (AvgIpc) is 3.16. The third kappa shape index (κ3) is 2.42. The molecule has 0 saturated heterocycles. The first kappa shape index (κ1) is 15.3. The van der Waals surface area contributed by atoms with E-state index in [9.17, 15) is 4.79 Å². The zero-order valence-corrected chi connectivity index (χ0v) is 15.0. The van der Waals surface area contributed by atoms with E-state index in [-0.39, 0.29) is 5.56 Å². The van der Waals surface area contributed by atoms with Crippen molar-refractivity contribution in [1.29, 1.82) is 0 Å². The van der Waals surface area contributed by atoms with Crippen LogP contribution in [0.2, 0.25) is 0 Å². The Kier molecular flexibility index (Phi) is 3.65. The van der Waals surface area contributed by atoms with Crippen LogP contribution in [0.3, 0.4) is 0 Å². The number of thiophene rings is 1. The normalized spacial score (nSPS) is 15.4. The van der Waals surface area contributed by atoms with Crippen molar-refractivity contribution in [1.82, 2.24) is 9.55 Å². The summed E-state index contributed by atoms with van der Waals surface area (Å²) >= 11 is 1.64. The fourth-order valence-electron chi connectivity index (χ4n) is 3.28. The predicted molar refractivity (Wildman–Crippen MR) is 102 cm³/mol. The Morgan fingerprint density at radius 2 is 2.12 bits per heavy atom. The smallest absolute Gasteiger partial charge is 0.262 e. The van der Waals surface area contributed by atoms with Gasteiger partial charge in [0.1, 0.15) is 10.7 Å². The maximum atomic E-state index is 12.8. The van der Waals surface area contributed by atoms with E-state index in [1.807, 2.05) is 10.6 Å². The Morgan fingerprint density at radius 3 is 2.92 bits per heavy atom. The lowest BCUT2D eigenvalue weighted by atomic mass is 10.0. The highest BCUT2D eigenvalue weighted by Gasteiger charge is 2.22. The maximum absolute atomic E-state index is 12.8. The molecule has 1 aliphatic rings. The lowest BCUT2D eigenvalue weighted by molar-refractivity contribution is 0.726. The van der Waals surface area contributed by atoms with E-state index in [1.165, 1.54) is 21.6 Å². The molecule has 24 heavy (non-hydrogen) atoms. The van der Waals surface area contributed by atoms with Gasteiger partial charge >= 0.3 is 0 Å². The lowest BCUT2D eigenvalue weighted by Crippen LogP contribution is -2.19. The molecule has 0 amide bonds. The van der Waals surface area contributed by atoms with E-state index in [1.54, 1.807) is 11.3 Å². The number of benzene rings is 1. The molecule has 0 unspecified atom stereocenters. The Hall–Kier alpha value is -2.20. The molecule has 0 aliphatic carbocycles. The number of aromatic nitrogens is 2. The first-order valence-electron chi connectivity index (χ1n) is 8.38. The Bertz CT molecular complexity index is 1040. The third-order valence-corrected chi connectivity index (χ3v) is 5.88. The summed E-state index contributed by atoms with van der Waals surface area (Å²) in [6, 6.07) is 8.48. The number of hydrogen-bond acceptors (Lipinski definition) is 3. The number of aryl methyl sites for hydroxylation is 3. The highest BCUT2D eigenvalue weighted by Crippen LogP contribution is 2.30. The van der Waals surface area contributed by atoms with Crippen LogP contribution in [0.15, 0.2) is 29.1 Å². The SMILES string of the molecule is CCc1cc2c(=O)n3c(nc2s1)/C(=C/c1cc(C)ccc1C)CC3. The van der Waals surface area contributed by atoms with Crippen molar-refractivity contribution in [3.8, 4) is 0 Å². The molecule has 0 spiro atoms. The molecule has 4 heteroatoms. The van der Waals surface area contributed by atoms with Gasteiger partial charge in [0.25, 0.3) is 5.56 Å². The summed E-state index contributed by atoms with van der Waals surface area (Å²) in [6.45, 7) is 7.07. The van der Waals surface area contributed by atoms with Gasteiger partial charge < -0.3 is 0 Å². The largest absolute Gasteiger partial charge is 0.292 e. The molecule has 0 radical (unpaired) electrons. The van der Waals surface area contributed by atoms with Crippen LogP contribution in [0.4, 0.5) is 0 Å². The fraction of sp³-hybridized carbons (Fsp3) is 0.300. The van der Waals surface area contributed by atoms with Crippen LogP contribution in [0, 0.1) is 13.8 Å². The summed E-state index contributed by atoms with van der Waals surface area (Å²) < 4.78 is 1.84. The molecule has 3 nitrogen and oxygen atoms in total. The van der Waals surface area contributed by atoms with Crippen LogP contribution < -0.4 is 5.56 Å². The highest BCUT2D eigenvalue weighted by atomic mass is 32.1. The van der Waals surface area contributed by atoms with Gasteiger partial charge in [0.2, 0.25) is 0 Å². The topological polar surface area (TPSA) is 34.9 Å². The molecule has 0 fully saturated rings. The summed E-state index contributed by atoms with van der Waals surface area (Å²) in [5.74, 6) is 0.845. The van der Waals surface area contributed by atoms with E-state index in [0.717, 1.165) is 41.0 Å². The van der Waals surface area contributed by atoms with Crippen LogP contribution in [0.5, 0.6) is 0 Å². The Labute approximate surface area is 145 Å².